The standard InChI is InChI=1S/C17H19N5O3/c1-10-7-17(22-25-10)21-16-9-15(18-11(2)19-16)20-13-8-12(23-3)5-6-14(13)24-4/h5-9H,1-4H3,(H2,18,19,20,21,22). The first-order valence-electron chi connectivity index (χ1n) is 7.62. The van der Waals surface area contributed by atoms with E-state index in [1.807, 2.05) is 32.0 Å². The van der Waals surface area contributed by atoms with Gasteiger partial charge in [0, 0.05) is 18.2 Å². The number of rotatable bonds is 6. The van der Waals surface area contributed by atoms with Gasteiger partial charge in [0.2, 0.25) is 0 Å². The van der Waals surface area contributed by atoms with Gasteiger partial charge in [0.05, 0.1) is 19.9 Å². The molecule has 3 aromatic rings. The van der Waals surface area contributed by atoms with Gasteiger partial charge in [-0.3, -0.25) is 0 Å². The van der Waals surface area contributed by atoms with Gasteiger partial charge in [-0.15, -0.1) is 0 Å². The van der Waals surface area contributed by atoms with Crippen molar-refractivity contribution in [2.24, 2.45) is 0 Å². The molecule has 0 spiro atoms. The molecule has 0 radical (unpaired) electrons. The Morgan fingerprint density at radius 2 is 1.64 bits per heavy atom. The van der Waals surface area contributed by atoms with Gasteiger partial charge in [-0.25, -0.2) is 9.97 Å². The van der Waals surface area contributed by atoms with E-state index in [-0.39, 0.29) is 0 Å². The van der Waals surface area contributed by atoms with E-state index in [0.717, 1.165) is 5.69 Å². The lowest BCUT2D eigenvalue weighted by Gasteiger charge is -2.13. The monoisotopic (exact) mass is 341 g/mol. The first kappa shape index (κ1) is 16.6. The van der Waals surface area contributed by atoms with E-state index in [1.54, 1.807) is 26.4 Å². The summed E-state index contributed by atoms with van der Waals surface area (Å²) in [6, 6.07) is 9.05. The van der Waals surface area contributed by atoms with Crippen LogP contribution in [0.5, 0.6) is 11.5 Å². The highest BCUT2D eigenvalue weighted by Gasteiger charge is 2.09. The van der Waals surface area contributed by atoms with Crippen molar-refractivity contribution in [1.82, 2.24) is 15.1 Å². The minimum absolute atomic E-state index is 0.584. The number of hydrogen-bond donors (Lipinski definition) is 2. The fourth-order valence-corrected chi connectivity index (χ4v) is 2.30. The summed E-state index contributed by atoms with van der Waals surface area (Å²) in [4.78, 5) is 8.76. The Labute approximate surface area is 145 Å². The summed E-state index contributed by atoms with van der Waals surface area (Å²) in [6.07, 6.45) is 0. The van der Waals surface area contributed by atoms with Crippen molar-refractivity contribution in [3.8, 4) is 11.5 Å². The predicted molar refractivity (Wildman–Crippen MR) is 94.1 cm³/mol. The molecule has 8 heteroatoms. The number of nitrogens with zero attached hydrogens (tertiary/aromatic N) is 3. The van der Waals surface area contributed by atoms with E-state index < -0.39 is 0 Å². The van der Waals surface area contributed by atoms with E-state index >= 15 is 0 Å². The molecule has 0 aliphatic carbocycles. The Balaban J connectivity index is 1.88. The summed E-state index contributed by atoms with van der Waals surface area (Å²) in [5.74, 6) is 4.51. The van der Waals surface area contributed by atoms with Crippen LogP contribution in [0, 0.1) is 13.8 Å². The van der Waals surface area contributed by atoms with Crippen molar-refractivity contribution >= 4 is 23.1 Å². The Bertz CT molecular complexity index is 878. The molecule has 1 aromatic carbocycles. The number of aryl methyl sites for hydroxylation is 2. The maximum atomic E-state index is 5.38. The zero-order valence-corrected chi connectivity index (χ0v) is 14.5. The molecular weight excluding hydrogens is 322 g/mol. The average molecular weight is 341 g/mol. The molecule has 0 atom stereocenters. The molecular formula is C17H19N5O3. The second-order valence-corrected chi connectivity index (χ2v) is 5.32. The zero-order valence-electron chi connectivity index (χ0n) is 14.5. The number of ether oxygens (including phenoxy) is 2. The zero-order chi connectivity index (χ0) is 17.8. The molecule has 0 unspecified atom stereocenters. The van der Waals surface area contributed by atoms with Gasteiger partial charge < -0.3 is 24.6 Å². The van der Waals surface area contributed by atoms with Crippen LogP contribution in [-0.2, 0) is 0 Å². The van der Waals surface area contributed by atoms with Crippen LogP contribution in [0.15, 0.2) is 34.9 Å². The number of aromatic nitrogens is 3. The minimum atomic E-state index is 0.584. The van der Waals surface area contributed by atoms with Crippen LogP contribution in [0.2, 0.25) is 0 Å². The molecule has 0 bridgehead atoms. The van der Waals surface area contributed by atoms with E-state index in [4.69, 9.17) is 14.0 Å². The number of anilines is 4. The SMILES string of the molecule is COc1ccc(OC)c(Nc2cc(Nc3cc(C)on3)nc(C)n2)c1. The topological polar surface area (TPSA) is 94.3 Å². The molecule has 2 heterocycles. The first-order chi connectivity index (χ1) is 12.1. The third-order valence-corrected chi connectivity index (χ3v) is 3.39. The predicted octanol–water partition coefficient (Wildman–Crippen LogP) is 3.59. The molecule has 0 aliphatic heterocycles. The van der Waals surface area contributed by atoms with Gasteiger partial charge >= 0.3 is 0 Å². The second-order valence-electron chi connectivity index (χ2n) is 5.32. The van der Waals surface area contributed by atoms with Crippen LogP contribution >= 0.6 is 0 Å². The van der Waals surface area contributed by atoms with Crippen molar-refractivity contribution in [3.05, 3.63) is 41.9 Å². The smallest absolute Gasteiger partial charge is 0.175 e. The van der Waals surface area contributed by atoms with Crippen molar-refractivity contribution < 1.29 is 14.0 Å². The summed E-state index contributed by atoms with van der Waals surface area (Å²) in [5, 5.41) is 10.2. The maximum Gasteiger partial charge on any atom is 0.175 e. The summed E-state index contributed by atoms with van der Waals surface area (Å²) < 4.78 is 15.7. The second kappa shape index (κ2) is 7.08. The first-order valence-corrected chi connectivity index (χ1v) is 7.62. The molecule has 0 saturated heterocycles. The molecule has 130 valence electrons. The molecule has 0 amide bonds. The van der Waals surface area contributed by atoms with E-state index in [0.29, 0.717) is 40.5 Å². The van der Waals surface area contributed by atoms with Gasteiger partial charge in [0.25, 0.3) is 0 Å². The van der Waals surface area contributed by atoms with E-state index in [1.165, 1.54) is 0 Å². The van der Waals surface area contributed by atoms with Crippen molar-refractivity contribution in [2.45, 2.75) is 13.8 Å². The molecule has 25 heavy (non-hydrogen) atoms. The number of nitrogens with one attached hydrogen (secondary N) is 2. The van der Waals surface area contributed by atoms with Crippen LogP contribution < -0.4 is 20.1 Å². The van der Waals surface area contributed by atoms with E-state index in [9.17, 15) is 0 Å². The highest BCUT2D eigenvalue weighted by Crippen LogP contribution is 2.31. The van der Waals surface area contributed by atoms with Crippen LogP contribution in [-0.4, -0.2) is 29.3 Å². The van der Waals surface area contributed by atoms with Crippen LogP contribution in [0.3, 0.4) is 0 Å². The largest absolute Gasteiger partial charge is 0.497 e. The lowest BCUT2D eigenvalue weighted by molar-refractivity contribution is 0.400. The third kappa shape index (κ3) is 3.97. The Morgan fingerprint density at radius 1 is 0.880 bits per heavy atom. The maximum absolute atomic E-state index is 5.38. The van der Waals surface area contributed by atoms with Gasteiger partial charge in [0.1, 0.15) is 34.7 Å². The van der Waals surface area contributed by atoms with Crippen LogP contribution in [0.25, 0.3) is 0 Å². The summed E-state index contributed by atoms with van der Waals surface area (Å²) in [5.41, 5.74) is 0.739. The molecule has 0 saturated carbocycles. The fraction of sp³-hybridized carbons (Fsp3) is 0.235. The number of hydrogen-bond acceptors (Lipinski definition) is 8. The summed E-state index contributed by atoms with van der Waals surface area (Å²) >= 11 is 0. The Kier molecular flexibility index (Phi) is 4.69. The highest BCUT2D eigenvalue weighted by atomic mass is 16.5. The van der Waals surface area contributed by atoms with Crippen LogP contribution in [0.1, 0.15) is 11.6 Å². The van der Waals surface area contributed by atoms with Crippen molar-refractivity contribution in [3.63, 3.8) is 0 Å². The molecule has 8 nitrogen and oxygen atoms in total. The number of methoxy groups -OCH3 is 2. The van der Waals surface area contributed by atoms with Crippen molar-refractivity contribution in [2.75, 3.05) is 24.9 Å². The van der Waals surface area contributed by atoms with Gasteiger partial charge in [-0.05, 0) is 26.0 Å². The molecule has 2 aromatic heterocycles. The third-order valence-electron chi connectivity index (χ3n) is 3.39. The summed E-state index contributed by atoms with van der Waals surface area (Å²) in [6.45, 7) is 3.64. The average Bonchev–Trinajstić information content (AvgIpc) is 2.99. The quantitative estimate of drug-likeness (QED) is 0.702. The Hall–Kier alpha value is -3.29. The van der Waals surface area contributed by atoms with E-state index in [2.05, 4.69) is 25.8 Å². The molecule has 0 aliphatic rings. The van der Waals surface area contributed by atoms with Crippen molar-refractivity contribution in [1.29, 1.82) is 0 Å². The summed E-state index contributed by atoms with van der Waals surface area (Å²) in [7, 11) is 3.22. The molecule has 0 fully saturated rings. The Morgan fingerprint density at radius 3 is 2.28 bits per heavy atom. The highest BCUT2D eigenvalue weighted by molar-refractivity contribution is 5.68. The molecule has 3 rings (SSSR count). The van der Waals surface area contributed by atoms with Gasteiger partial charge in [-0.2, -0.15) is 0 Å². The minimum Gasteiger partial charge on any atom is -0.497 e. The lowest BCUT2D eigenvalue weighted by atomic mass is 10.2. The number of benzene rings is 1. The molecule has 2 N–H and O–H groups in total. The van der Waals surface area contributed by atoms with Gasteiger partial charge in [-0.1, -0.05) is 5.16 Å². The van der Waals surface area contributed by atoms with Gasteiger partial charge in [0.15, 0.2) is 5.82 Å². The van der Waals surface area contributed by atoms with Crippen LogP contribution in [0.4, 0.5) is 23.1 Å². The lowest BCUT2D eigenvalue weighted by Crippen LogP contribution is -2.02. The normalized spacial score (nSPS) is 10.4. The fourth-order valence-electron chi connectivity index (χ4n) is 2.30.